The summed E-state index contributed by atoms with van der Waals surface area (Å²) in [7, 11) is 0. The van der Waals surface area contributed by atoms with E-state index in [0.717, 1.165) is 10.0 Å². The van der Waals surface area contributed by atoms with E-state index < -0.39 is 0 Å². The zero-order valence-electron chi connectivity index (χ0n) is 9.36. The second kappa shape index (κ2) is 5.98. The molecule has 92 valence electrons. The van der Waals surface area contributed by atoms with Gasteiger partial charge in [-0.05, 0) is 51.8 Å². The Hall–Kier alpha value is -1.39. The molecule has 1 N–H and O–H groups in total. The van der Waals surface area contributed by atoms with Gasteiger partial charge in [0.25, 0.3) is 5.91 Å². The van der Waals surface area contributed by atoms with Crippen LogP contribution in [0.1, 0.15) is 15.9 Å². The molecule has 0 saturated heterocycles. The van der Waals surface area contributed by atoms with Crippen molar-refractivity contribution in [3.05, 3.63) is 63.3 Å². The van der Waals surface area contributed by atoms with Gasteiger partial charge in [-0.2, -0.15) is 0 Å². The van der Waals surface area contributed by atoms with Crippen molar-refractivity contribution in [2.24, 2.45) is 0 Å². The summed E-state index contributed by atoms with van der Waals surface area (Å²) in [5.41, 5.74) is 1.52. The quantitative estimate of drug-likeness (QED) is 0.939. The van der Waals surface area contributed by atoms with Crippen LogP contribution in [0.5, 0.6) is 0 Å². The van der Waals surface area contributed by atoms with Crippen molar-refractivity contribution in [1.29, 1.82) is 0 Å². The first-order valence-electron chi connectivity index (χ1n) is 5.29. The molecular weight excluding hydrogens is 316 g/mol. The van der Waals surface area contributed by atoms with Gasteiger partial charge < -0.3 is 5.32 Å². The maximum atomic E-state index is 12.0. The number of nitrogens with zero attached hydrogens (tertiary/aromatic N) is 1. The van der Waals surface area contributed by atoms with Crippen LogP contribution in [-0.2, 0) is 6.54 Å². The fraction of sp³-hybridized carbons (Fsp3) is 0.0769. The van der Waals surface area contributed by atoms with Crippen LogP contribution in [0.2, 0.25) is 5.02 Å². The van der Waals surface area contributed by atoms with E-state index in [4.69, 9.17) is 11.6 Å². The third-order valence-corrected chi connectivity index (χ3v) is 3.30. The van der Waals surface area contributed by atoms with Crippen molar-refractivity contribution >= 4 is 33.4 Å². The van der Waals surface area contributed by atoms with Gasteiger partial charge >= 0.3 is 0 Å². The van der Waals surface area contributed by atoms with Crippen LogP contribution in [-0.4, -0.2) is 10.9 Å². The summed E-state index contributed by atoms with van der Waals surface area (Å²) >= 11 is 9.20. The van der Waals surface area contributed by atoms with Crippen LogP contribution in [0.15, 0.2) is 47.2 Å². The van der Waals surface area contributed by atoms with Gasteiger partial charge in [0.2, 0.25) is 0 Å². The summed E-state index contributed by atoms with van der Waals surface area (Å²) in [4.78, 5) is 15.9. The molecule has 0 spiro atoms. The molecule has 1 aromatic carbocycles. The molecule has 0 radical (unpaired) electrons. The number of rotatable bonds is 3. The Morgan fingerprint density at radius 1 is 1.28 bits per heavy atom. The highest BCUT2D eigenvalue weighted by molar-refractivity contribution is 9.10. The van der Waals surface area contributed by atoms with E-state index in [9.17, 15) is 4.79 Å². The molecule has 0 aliphatic rings. The zero-order chi connectivity index (χ0) is 13.0. The maximum absolute atomic E-state index is 12.0. The highest BCUT2D eigenvalue weighted by atomic mass is 79.9. The number of nitrogens with one attached hydrogen (secondary N) is 1. The van der Waals surface area contributed by atoms with Crippen LogP contribution >= 0.6 is 27.5 Å². The van der Waals surface area contributed by atoms with Crippen molar-refractivity contribution in [2.75, 3.05) is 0 Å². The van der Waals surface area contributed by atoms with Gasteiger partial charge in [-0.15, -0.1) is 0 Å². The topological polar surface area (TPSA) is 42.0 Å². The number of hydrogen-bond donors (Lipinski definition) is 1. The van der Waals surface area contributed by atoms with Crippen molar-refractivity contribution < 1.29 is 4.79 Å². The molecule has 3 nitrogen and oxygen atoms in total. The van der Waals surface area contributed by atoms with E-state index in [2.05, 4.69) is 26.2 Å². The lowest BCUT2D eigenvalue weighted by molar-refractivity contribution is 0.0950. The fourth-order valence-electron chi connectivity index (χ4n) is 1.45. The minimum Gasteiger partial charge on any atom is -0.348 e. The molecule has 1 aromatic heterocycles. The second-order valence-electron chi connectivity index (χ2n) is 3.66. The average molecular weight is 326 g/mol. The molecule has 0 aliphatic carbocycles. The van der Waals surface area contributed by atoms with Gasteiger partial charge in [0.15, 0.2) is 0 Å². The zero-order valence-corrected chi connectivity index (χ0v) is 11.7. The predicted octanol–water partition coefficient (Wildman–Crippen LogP) is 3.43. The standard InChI is InChI=1S/C13H10BrClN2O/c14-12-2-1-10(15)7-11(12)13(18)17-8-9-3-5-16-6-4-9/h1-7H,8H2,(H,17,18). The van der Waals surface area contributed by atoms with E-state index in [1.807, 2.05) is 12.1 Å². The lowest BCUT2D eigenvalue weighted by atomic mass is 10.2. The van der Waals surface area contributed by atoms with Gasteiger partial charge in [-0.3, -0.25) is 9.78 Å². The van der Waals surface area contributed by atoms with Gasteiger partial charge in [0, 0.05) is 28.4 Å². The molecule has 18 heavy (non-hydrogen) atoms. The summed E-state index contributed by atoms with van der Waals surface area (Å²) in [5.74, 6) is -0.166. The summed E-state index contributed by atoms with van der Waals surface area (Å²) < 4.78 is 0.721. The fourth-order valence-corrected chi connectivity index (χ4v) is 2.05. The first kappa shape index (κ1) is 13.1. The van der Waals surface area contributed by atoms with E-state index in [0.29, 0.717) is 17.1 Å². The summed E-state index contributed by atoms with van der Waals surface area (Å²) in [6, 6.07) is 8.82. The van der Waals surface area contributed by atoms with E-state index >= 15 is 0 Å². The van der Waals surface area contributed by atoms with Crippen LogP contribution in [0.25, 0.3) is 0 Å². The van der Waals surface area contributed by atoms with Gasteiger partial charge in [0.05, 0.1) is 5.56 Å². The maximum Gasteiger partial charge on any atom is 0.252 e. The predicted molar refractivity (Wildman–Crippen MR) is 74.6 cm³/mol. The molecule has 2 aromatic rings. The van der Waals surface area contributed by atoms with E-state index in [-0.39, 0.29) is 5.91 Å². The number of carbonyl (C=O) groups is 1. The minimum atomic E-state index is -0.166. The van der Waals surface area contributed by atoms with Crippen molar-refractivity contribution in [3.8, 4) is 0 Å². The Morgan fingerprint density at radius 2 is 2.00 bits per heavy atom. The number of pyridine rings is 1. The third kappa shape index (κ3) is 3.31. The van der Waals surface area contributed by atoms with Crippen LogP contribution in [0.3, 0.4) is 0 Å². The molecule has 0 saturated carbocycles. The monoisotopic (exact) mass is 324 g/mol. The molecule has 0 fully saturated rings. The molecule has 0 aliphatic heterocycles. The molecule has 0 atom stereocenters. The molecule has 0 unspecified atom stereocenters. The summed E-state index contributed by atoms with van der Waals surface area (Å²) in [6.45, 7) is 0.459. The Morgan fingerprint density at radius 3 is 2.72 bits per heavy atom. The first-order valence-corrected chi connectivity index (χ1v) is 6.46. The highest BCUT2D eigenvalue weighted by Crippen LogP contribution is 2.21. The summed E-state index contributed by atoms with van der Waals surface area (Å²) in [5, 5.41) is 3.36. The number of aromatic nitrogens is 1. The summed E-state index contributed by atoms with van der Waals surface area (Å²) in [6.07, 6.45) is 3.38. The first-order chi connectivity index (χ1) is 8.66. The Labute approximate surface area is 118 Å². The Bertz CT molecular complexity index is 560. The number of halogens is 2. The average Bonchev–Trinajstić information content (AvgIpc) is 2.40. The van der Waals surface area contributed by atoms with Crippen LogP contribution < -0.4 is 5.32 Å². The number of hydrogen-bond acceptors (Lipinski definition) is 2. The lowest BCUT2D eigenvalue weighted by Crippen LogP contribution is -2.23. The number of carbonyl (C=O) groups excluding carboxylic acids is 1. The van der Waals surface area contributed by atoms with Crippen molar-refractivity contribution in [2.45, 2.75) is 6.54 Å². The molecular formula is C13H10BrClN2O. The smallest absolute Gasteiger partial charge is 0.252 e. The molecule has 2 rings (SSSR count). The second-order valence-corrected chi connectivity index (χ2v) is 4.95. The van der Waals surface area contributed by atoms with Gasteiger partial charge in [-0.25, -0.2) is 0 Å². The largest absolute Gasteiger partial charge is 0.348 e. The normalized spacial score (nSPS) is 10.1. The minimum absolute atomic E-state index is 0.166. The number of amides is 1. The van der Waals surface area contributed by atoms with E-state index in [1.54, 1.807) is 30.6 Å². The van der Waals surface area contributed by atoms with Crippen molar-refractivity contribution in [3.63, 3.8) is 0 Å². The van der Waals surface area contributed by atoms with Gasteiger partial charge in [-0.1, -0.05) is 11.6 Å². The Balaban J connectivity index is 2.06. The molecule has 5 heteroatoms. The van der Waals surface area contributed by atoms with Crippen LogP contribution in [0, 0.1) is 0 Å². The molecule has 0 bridgehead atoms. The van der Waals surface area contributed by atoms with E-state index in [1.165, 1.54) is 0 Å². The SMILES string of the molecule is O=C(NCc1ccncc1)c1cc(Cl)ccc1Br. The van der Waals surface area contributed by atoms with Crippen LogP contribution in [0.4, 0.5) is 0 Å². The highest BCUT2D eigenvalue weighted by Gasteiger charge is 2.10. The van der Waals surface area contributed by atoms with Gasteiger partial charge in [0.1, 0.15) is 0 Å². The third-order valence-electron chi connectivity index (χ3n) is 2.38. The van der Waals surface area contributed by atoms with Crippen molar-refractivity contribution in [1.82, 2.24) is 10.3 Å². The molecule has 1 heterocycles. The lowest BCUT2D eigenvalue weighted by Gasteiger charge is -2.07. The Kier molecular flexibility index (Phi) is 4.33. The molecule has 1 amide bonds. The number of benzene rings is 1.